The molecule has 2 rings (SSSR count). The van der Waals surface area contributed by atoms with Crippen molar-refractivity contribution in [2.45, 2.75) is 13.3 Å². The second-order valence-corrected chi connectivity index (χ2v) is 5.43. The first-order chi connectivity index (χ1) is 10.5. The fraction of sp³-hybridized carbons (Fsp3) is 0.188. The van der Waals surface area contributed by atoms with E-state index in [-0.39, 0.29) is 18.8 Å². The smallest absolute Gasteiger partial charge is 0.310 e. The number of thiophene rings is 1. The summed E-state index contributed by atoms with van der Waals surface area (Å²) in [5.74, 6) is -0.983. The van der Waals surface area contributed by atoms with Crippen LogP contribution >= 0.6 is 11.3 Å². The summed E-state index contributed by atoms with van der Waals surface area (Å²) in [6.07, 6.45) is 0.149. The van der Waals surface area contributed by atoms with Gasteiger partial charge in [-0.25, -0.2) is 0 Å². The molecule has 0 bridgehead atoms. The zero-order valence-corrected chi connectivity index (χ0v) is 12.8. The van der Waals surface area contributed by atoms with Crippen molar-refractivity contribution in [3.8, 4) is 0 Å². The maximum absolute atomic E-state index is 11.7. The van der Waals surface area contributed by atoms with Crippen molar-refractivity contribution in [2.75, 3.05) is 11.9 Å². The number of anilines is 1. The summed E-state index contributed by atoms with van der Waals surface area (Å²) >= 11 is 1.50. The lowest BCUT2D eigenvalue weighted by Crippen LogP contribution is -2.21. The lowest BCUT2D eigenvalue weighted by molar-refractivity contribution is -0.146. The molecule has 0 aliphatic carbocycles. The number of esters is 1. The number of Topliss-reactive ketones (excluding diaryl/α,β-unsaturated/α-hetero) is 1. The fourth-order valence-corrected chi connectivity index (χ4v) is 2.44. The van der Waals surface area contributed by atoms with Gasteiger partial charge in [0.05, 0.1) is 6.42 Å². The van der Waals surface area contributed by atoms with Gasteiger partial charge in [-0.2, -0.15) is 11.3 Å². The summed E-state index contributed by atoms with van der Waals surface area (Å²) < 4.78 is 4.91. The molecule has 0 saturated carbocycles. The molecule has 1 heterocycles. The van der Waals surface area contributed by atoms with Gasteiger partial charge in [-0.3, -0.25) is 14.4 Å². The number of hydrogen-bond acceptors (Lipinski definition) is 5. The third kappa shape index (κ3) is 4.82. The summed E-state index contributed by atoms with van der Waals surface area (Å²) in [6, 6.07) is 8.41. The second-order valence-electron chi connectivity index (χ2n) is 4.65. The largest absolute Gasteiger partial charge is 0.455 e. The first kappa shape index (κ1) is 15.9. The molecule has 0 spiro atoms. The van der Waals surface area contributed by atoms with E-state index in [1.54, 1.807) is 24.3 Å². The van der Waals surface area contributed by atoms with E-state index in [2.05, 4.69) is 5.32 Å². The molecule has 0 fully saturated rings. The van der Waals surface area contributed by atoms with Crippen molar-refractivity contribution in [3.05, 3.63) is 52.2 Å². The minimum Gasteiger partial charge on any atom is -0.455 e. The standard InChI is InChI=1S/C16H15NO4S/c1-11(18)13-3-2-4-14(8-13)17-15(19)9-21-16(20)7-12-5-6-22-10-12/h2-6,8,10H,7,9H2,1H3,(H,17,19). The van der Waals surface area contributed by atoms with E-state index in [4.69, 9.17) is 4.74 Å². The van der Waals surface area contributed by atoms with Crippen molar-refractivity contribution < 1.29 is 19.1 Å². The summed E-state index contributed by atoms with van der Waals surface area (Å²) in [5, 5.41) is 6.31. The molecule has 2 aromatic rings. The number of rotatable bonds is 6. The van der Waals surface area contributed by atoms with Gasteiger partial charge in [0.2, 0.25) is 0 Å². The van der Waals surface area contributed by atoms with E-state index in [0.717, 1.165) is 5.56 Å². The Hall–Kier alpha value is -2.47. The Labute approximate surface area is 131 Å². The van der Waals surface area contributed by atoms with Crippen LogP contribution in [0.4, 0.5) is 5.69 Å². The molecule has 1 aromatic carbocycles. The molecule has 0 atom stereocenters. The number of benzene rings is 1. The average molecular weight is 317 g/mol. The topological polar surface area (TPSA) is 72.5 Å². The predicted octanol–water partition coefficient (Wildman–Crippen LogP) is 2.68. The predicted molar refractivity (Wildman–Crippen MR) is 84.1 cm³/mol. The molecule has 5 nitrogen and oxygen atoms in total. The molecule has 22 heavy (non-hydrogen) atoms. The molecule has 6 heteroatoms. The fourth-order valence-electron chi connectivity index (χ4n) is 1.77. The van der Waals surface area contributed by atoms with Crippen LogP contribution < -0.4 is 5.32 Å². The number of ether oxygens (including phenoxy) is 1. The number of carbonyl (C=O) groups excluding carboxylic acids is 3. The van der Waals surface area contributed by atoms with Crippen molar-refractivity contribution in [1.82, 2.24) is 0 Å². The lowest BCUT2D eigenvalue weighted by Gasteiger charge is -2.07. The first-order valence-corrected chi connectivity index (χ1v) is 7.56. The Morgan fingerprint density at radius 2 is 2.05 bits per heavy atom. The van der Waals surface area contributed by atoms with Gasteiger partial charge >= 0.3 is 5.97 Å². The van der Waals surface area contributed by atoms with Crippen molar-refractivity contribution in [1.29, 1.82) is 0 Å². The van der Waals surface area contributed by atoms with Crippen LogP contribution in [0.1, 0.15) is 22.8 Å². The Bertz CT molecular complexity index is 679. The highest BCUT2D eigenvalue weighted by Gasteiger charge is 2.09. The van der Waals surface area contributed by atoms with Crippen LogP contribution in [0.25, 0.3) is 0 Å². The van der Waals surface area contributed by atoms with Gasteiger partial charge in [-0.1, -0.05) is 12.1 Å². The SMILES string of the molecule is CC(=O)c1cccc(NC(=O)COC(=O)Cc2ccsc2)c1. The summed E-state index contributed by atoms with van der Waals surface area (Å²) in [6.45, 7) is 1.10. The van der Waals surface area contributed by atoms with Gasteiger partial charge in [0, 0.05) is 11.3 Å². The number of hydrogen-bond donors (Lipinski definition) is 1. The van der Waals surface area contributed by atoms with E-state index < -0.39 is 11.9 Å². The van der Waals surface area contributed by atoms with Crippen LogP contribution in [0.2, 0.25) is 0 Å². The van der Waals surface area contributed by atoms with Gasteiger partial charge < -0.3 is 10.1 Å². The van der Waals surface area contributed by atoms with Crippen LogP contribution in [0.3, 0.4) is 0 Å². The Kier molecular flexibility index (Phi) is 5.43. The zero-order chi connectivity index (χ0) is 15.9. The lowest BCUT2D eigenvalue weighted by atomic mass is 10.1. The summed E-state index contributed by atoms with van der Waals surface area (Å²) in [5.41, 5.74) is 1.86. The van der Waals surface area contributed by atoms with Crippen LogP contribution in [0, 0.1) is 0 Å². The monoisotopic (exact) mass is 317 g/mol. The molecule has 0 unspecified atom stereocenters. The Balaban J connectivity index is 1.81. The minimum atomic E-state index is -0.453. The molecule has 1 amide bonds. The average Bonchev–Trinajstić information content (AvgIpc) is 2.98. The normalized spacial score (nSPS) is 10.0. The third-order valence-corrected chi connectivity index (χ3v) is 3.58. The summed E-state index contributed by atoms with van der Waals surface area (Å²) in [4.78, 5) is 34.6. The van der Waals surface area contributed by atoms with Gasteiger partial charge in [-0.15, -0.1) is 0 Å². The van der Waals surface area contributed by atoms with E-state index in [0.29, 0.717) is 11.3 Å². The molecular weight excluding hydrogens is 302 g/mol. The first-order valence-electron chi connectivity index (χ1n) is 6.62. The van der Waals surface area contributed by atoms with Crippen molar-refractivity contribution in [2.24, 2.45) is 0 Å². The van der Waals surface area contributed by atoms with Crippen LogP contribution in [0.15, 0.2) is 41.1 Å². The number of carbonyl (C=O) groups is 3. The van der Waals surface area contributed by atoms with Crippen LogP contribution in [0.5, 0.6) is 0 Å². The van der Waals surface area contributed by atoms with Gasteiger partial charge in [0.15, 0.2) is 12.4 Å². The zero-order valence-electron chi connectivity index (χ0n) is 12.0. The molecule has 1 N–H and O–H groups in total. The van der Waals surface area contributed by atoms with Gasteiger partial charge in [0.1, 0.15) is 0 Å². The molecule has 0 saturated heterocycles. The van der Waals surface area contributed by atoms with E-state index >= 15 is 0 Å². The highest BCUT2D eigenvalue weighted by atomic mass is 32.1. The van der Waals surface area contributed by atoms with Gasteiger partial charge in [0.25, 0.3) is 5.91 Å². The number of ketones is 1. The third-order valence-electron chi connectivity index (χ3n) is 2.85. The van der Waals surface area contributed by atoms with Crippen LogP contribution in [-0.4, -0.2) is 24.3 Å². The van der Waals surface area contributed by atoms with Crippen molar-refractivity contribution in [3.63, 3.8) is 0 Å². The van der Waals surface area contributed by atoms with E-state index in [9.17, 15) is 14.4 Å². The molecular formula is C16H15NO4S. The Morgan fingerprint density at radius 1 is 1.23 bits per heavy atom. The molecule has 0 aliphatic heterocycles. The van der Waals surface area contributed by atoms with E-state index in [1.807, 2.05) is 16.8 Å². The molecule has 1 aromatic heterocycles. The minimum absolute atomic E-state index is 0.0849. The van der Waals surface area contributed by atoms with Gasteiger partial charge in [-0.05, 0) is 41.4 Å². The molecule has 0 radical (unpaired) electrons. The second kappa shape index (κ2) is 7.51. The highest BCUT2D eigenvalue weighted by Crippen LogP contribution is 2.11. The number of nitrogens with one attached hydrogen (secondary N) is 1. The maximum atomic E-state index is 11.7. The Morgan fingerprint density at radius 3 is 2.73 bits per heavy atom. The molecule has 114 valence electrons. The quantitative estimate of drug-likeness (QED) is 0.657. The maximum Gasteiger partial charge on any atom is 0.310 e. The molecule has 0 aliphatic rings. The number of amides is 1. The van der Waals surface area contributed by atoms with E-state index in [1.165, 1.54) is 18.3 Å². The summed E-state index contributed by atoms with van der Waals surface area (Å²) in [7, 11) is 0. The highest BCUT2D eigenvalue weighted by molar-refractivity contribution is 7.07. The van der Waals surface area contributed by atoms with Crippen molar-refractivity contribution >= 4 is 34.7 Å². The van der Waals surface area contributed by atoms with Crippen LogP contribution in [-0.2, 0) is 20.7 Å².